The van der Waals surface area contributed by atoms with Gasteiger partial charge < -0.3 is 55.6 Å². The van der Waals surface area contributed by atoms with E-state index in [0.717, 1.165) is 35.4 Å². The summed E-state index contributed by atoms with van der Waals surface area (Å²) in [5.74, 6) is 2.28. The molecule has 0 spiro atoms. The summed E-state index contributed by atoms with van der Waals surface area (Å²) in [6.45, 7) is 13.5. The van der Waals surface area contributed by atoms with E-state index >= 15 is 0 Å². The Hall–Kier alpha value is -4.98. The first kappa shape index (κ1) is 36.8. The van der Waals surface area contributed by atoms with E-state index < -0.39 is 26.2 Å². The van der Waals surface area contributed by atoms with Gasteiger partial charge in [-0.3, -0.25) is 0 Å². The van der Waals surface area contributed by atoms with Crippen LogP contribution in [-0.4, -0.2) is 46.0 Å². The van der Waals surface area contributed by atoms with Gasteiger partial charge in [-0.1, -0.05) is 20.8 Å². The van der Waals surface area contributed by atoms with Crippen LogP contribution in [0.2, 0.25) is 0 Å². The van der Waals surface area contributed by atoms with Gasteiger partial charge in [-0.2, -0.15) is 0 Å². The van der Waals surface area contributed by atoms with Crippen LogP contribution in [0.1, 0.15) is 60.8 Å². The third-order valence-electron chi connectivity index (χ3n) is 7.61. The monoisotopic (exact) mass is 716 g/mol. The van der Waals surface area contributed by atoms with Crippen molar-refractivity contribution in [3.63, 3.8) is 0 Å². The average molecular weight is 717 g/mol. The van der Waals surface area contributed by atoms with Crippen molar-refractivity contribution in [2.24, 2.45) is 0 Å². The molecule has 6 aromatic rings. The van der Waals surface area contributed by atoms with E-state index in [0.29, 0.717) is 53.8 Å². The fourth-order valence-electron chi connectivity index (χ4n) is 5.27. The summed E-state index contributed by atoms with van der Waals surface area (Å²) in [5, 5.41) is 2.24. The summed E-state index contributed by atoms with van der Waals surface area (Å²) in [6, 6.07) is 21.5. The molecule has 0 saturated carbocycles. The first-order chi connectivity index (χ1) is 25.3. The fourth-order valence-corrected chi connectivity index (χ4v) is 5.27. The first-order valence-corrected chi connectivity index (χ1v) is 17.7. The maximum absolute atomic E-state index is 6.12. The molecular weight excluding hydrogens is 671 g/mol. The smallest absolute Gasteiger partial charge is 0.465 e. The van der Waals surface area contributed by atoms with Gasteiger partial charge in [0, 0.05) is 34.4 Å². The molecule has 0 bridgehead atoms. The van der Waals surface area contributed by atoms with Gasteiger partial charge in [-0.05, 0) is 94.6 Å². The van der Waals surface area contributed by atoms with Gasteiger partial charge in [-0.25, -0.2) is 0 Å². The number of benzene rings is 3. The van der Waals surface area contributed by atoms with Crippen LogP contribution in [0.5, 0.6) is 35.1 Å². The maximum atomic E-state index is 6.12. The Morgan fingerprint density at radius 1 is 0.462 bits per heavy atom. The number of fused-ring (bicyclic) bond motifs is 3. The maximum Gasteiger partial charge on any atom is 0.870 e. The van der Waals surface area contributed by atoms with E-state index in [2.05, 4.69) is 0 Å². The molecule has 0 amide bonds. The number of hydrogen-bond acceptors (Lipinski definition) is 12. The lowest BCUT2D eigenvalue weighted by atomic mass is 10.2. The van der Waals surface area contributed by atoms with Gasteiger partial charge in [0.2, 0.25) is 0 Å². The molecule has 3 heterocycles. The third kappa shape index (κ3) is 9.87. The zero-order valence-corrected chi connectivity index (χ0v) is 30.4. The minimum Gasteiger partial charge on any atom is -0.465 e. The number of rotatable bonds is 21. The molecule has 0 aliphatic carbocycles. The zero-order chi connectivity index (χ0) is 36.5. The molecule has 0 aliphatic rings. The zero-order valence-electron chi connectivity index (χ0n) is 30.4. The molecule has 0 fully saturated rings. The lowest BCUT2D eigenvalue weighted by molar-refractivity contribution is -0.0665. The molecule has 6 rings (SSSR count). The average Bonchev–Trinajstić information content (AvgIpc) is 3.84. The molecule has 3 atom stereocenters. The molecule has 0 aliphatic heterocycles. The SMILES string of the molecule is CCCOC(C)Oc1ccc2oc(OB(Oc3cc4cc(OC(C)OCCC)ccc4o3)Oc3cc4cc(OC(C)OCCC)ccc4o3)cc2c1. The van der Waals surface area contributed by atoms with Crippen LogP contribution in [0, 0.1) is 0 Å². The summed E-state index contributed by atoms with van der Waals surface area (Å²) in [5.41, 5.74) is 1.72. The second kappa shape index (κ2) is 17.5. The van der Waals surface area contributed by atoms with Gasteiger partial charge in [0.05, 0.1) is 19.8 Å². The van der Waals surface area contributed by atoms with Gasteiger partial charge >= 0.3 is 7.32 Å². The topological polar surface area (TPSA) is 122 Å². The van der Waals surface area contributed by atoms with Crippen molar-refractivity contribution in [1.29, 1.82) is 0 Å². The van der Waals surface area contributed by atoms with Crippen LogP contribution >= 0.6 is 0 Å². The van der Waals surface area contributed by atoms with E-state index in [9.17, 15) is 0 Å². The summed E-state index contributed by atoms with van der Waals surface area (Å²) in [4.78, 5) is 0. The van der Waals surface area contributed by atoms with Crippen molar-refractivity contribution in [1.82, 2.24) is 0 Å². The van der Waals surface area contributed by atoms with Crippen molar-refractivity contribution in [3.05, 3.63) is 72.8 Å². The van der Waals surface area contributed by atoms with Crippen molar-refractivity contribution in [3.8, 4) is 35.1 Å². The molecule has 0 saturated heterocycles. The normalized spacial score (nSPS) is 13.3. The Morgan fingerprint density at radius 3 is 1.06 bits per heavy atom. The molecule has 3 unspecified atom stereocenters. The summed E-state index contributed by atoms with van der Waals surface area (Å²) >= 11 is 0. The van der Waals surface area contributed by atoms with Crippen molar-refractivity contribution in [2.75, 3.05) is 19.8 Å². The molecule has 0 radical (unpaired) electrons. The highest BCUT2D eigenvalue weighted by molar-refractivity contribution is 6.39. The number of ether oxygens (including phenoxy) is 6. The quantitative estimate of drug-likeness (QED) is 0.0520. The van der Waals surface area contributed by atoms with Crippen molar-refractivity contribution < 1.29 is 55.6 Å². The van der Waals surface area contributed by atoms with Crippen LogP contribution in [-0.2, 0) is 14.2 Å². The molecular formula is C39H45BO12. The Morgan fingerprint density at radius 2 is 0.769 bits per heavy atom. The first-order valence-electron chi connectivity index (χ1n) is 17.7. The second-order valence-electron chi connectivity index (χ2n) is 12.1. The molecule has 3 aromatic heterocycles. The lowest BCUT2D eigenvalue weighted by Crippen LogP contribution is -2.36. The lowest BCUT2D eigenvalue weighted by Gasteiger charge is -2.14. The van der Waals surface area contributed by atoms with Gasteiger partial charge in [0.15, 0.2) is 18.9 Å². The largest absolute Gasteiger partial charge is 0.870 e. The molecule has 276 valence electrons. The highest BCUT2D eigenvalue weighted by Gasteiger charge is 2.35. The Balaban J connectivity index is 1.22. The predicted octanol–water partition coefficient (Wildman–Crippen LogP) is 9.90. The van der Waals surface area contributed by atoms with E-state index in [1.807, 2.05) is 59.7 Å². The Labute approximate surface area is 302 Å². The van der Waals surface area contributed by atoms with Crippen molar-refractivity contribution >= 4 is 40.2 Å². The number of hydrogen-bond donors (Lipinski definition) is 0. The van der Waals surface area contributed by atoms with Crippen molar-refractivity contribution in [2.45, 2.75) is 79.7 Å². The Kier molecular flexibility index (Phi) is 12.4. The second-order valence-corrected chi connectivity index (χ2v) is 12.1. The molecule has 3 aromatic carbocycles. The van der Waals surface area contributed by atoms with Crippen LogP contribution in [0.3, 0.4) is 0 Å². The standard InChI is InChI=1S/C39H45BO12/c1-7-16-41-25(4)44-31-10-13-34-28(19-31)22-37(47-34)50-40(51-38-23-29-20-32(11-14-35(29)48-38)45-26(5)42-17-8-2)52-39-24-30-21-33(12-15-36(30)49-39)46-27(6)43-18-9-3/h10-15,19-27H,7-9,16-18H2,1-6H3. The van der Waals surface area contributed by atoms with Gasteiger partial charge in [0.25, 0.3) is 17.8 Å². The summed E-state index contributed by atoms with van der Waals surface area (Å²) in [6.07, 6.45) is 1.48. The van der Waals surface area contributed by atoms with E-state index in [1.165, 1.54) is 0 Å². The summed E-state index contributed by atoms with van der Waals surface area (Å²) in [7, 11) is -1.39. The van der Waals surface area contributed by atoms with E-state index in [1.54, 1.807) is 54.6 Å². The molecule has 0 N–H and O–H groups in total. The van der Waals surface area contributed by atoms with Gasteiger partial charge in [0.1, 0.15) is 34.0 Å². The minimum absolute atomic E-state index is 0.133. The number of furan rings is 3. The fraction of sp³-hybridized carbons (Fsp3) is 0.385. The highest BCUT2D eigenvalue weighted by Crippen LogP contribution is 2.34. The third-order valence-corrected chi connectivity index (χ3v) is 7.61. The van der Waals surface area contributed by atoms with Gasteiger partial charge in [-0.15, -0.1) is 0 Å². The van der Waals surface area contributed by atoms with Crippen LogP contribution in [0.4, 0.5) is 0 Å². The molecule has 13 heteroatoms. The van der Waals surface area contributed by atoms with Crippen LogP contribution in [0.15, 0.2) is 86.0 Å². The predicted molar refractivity (Wildman–Crippen MR) is 195 cm³/mol. The van der Waals surface area contributed by atoms with Crippen LogP contribution in [0.25, 0.3) is 32.9 Å². The molecule has 52 heavy (non-hydrogen) atoms. The van der Waals surface area contributed by atoms with E-state index in [-0.39, 0.29) is 17.8 Å². The summed E-state index contributed by atoms with van der Waals surface area (Å²) < 4.78 is 71.0. The molecule has 12 nitrogen and oxygen atoms in total. The highest BCUT2D eigenvalue weighted by atomic mass is 16.8. The van der Waals surface area contributed by atoms with Crippen LogP contribution < -0.4 is 28.2 Å². The minimum atomic E-state index is -1.39. The van der Waals surface area contributed by atoms with E-state index in [4.69, 9.17) is 55.6 Å². The Bertz CT molecular complexity index is 1790.